The average Bonchev–Trinajstić information content (AvgIpc) is 2.66. The van der Waals surface area contributed by atoms with Crippen molar-refractivity contribution in [2.24, 2.45) is 0 Å². The molecule has 6 nitrogen and oxygen atoms in total. The molecule has 0 aliphatic heterocycles. The lowest BCUT2D eigenvalue weighted by Gasteiger charge is -2.28. The fourth-order valence-electron chi connectivity index (χ4n) is 3.43. The highest BCUT2D eigenvalue weighted by Crippen LogP contribution is 2.22. The van der Waals surface area contributed by atoms with E-state index in [4.69, 9.17) is 11.6 Å². The minimum atomic E-state index is -0.534. The van der Waals surface area contributed by atoms with Crippen LogP contribution in [0.1, 0.15) is 47.3 Å². The Morgan fingerprint density at radius 2 is 1.93 bits per heavy atom. The molecule has 0 saturated heterocycles. The number of phenolic OH excluding ortho intramolecular Hbond substituents is 1. The lowest BCUT2D eigenvalue weighted by atomic mass is 9.92. The number of ketones is 1. The van der Waals surface area contributed by atoms with Crippen molar-refractivity contribution in [3.63, 3.8) is 0 Å². The molecule has 1 saturated carbocycles. The smallest absolute Gasteiger partial charge is 0.270 e. The largest absolute Gasteiger partial charge is 0.508 e. The van der Waals surface area contributed by atoms with E-state index in [1.165, 1.54) is 12.3 Å². The van der Waals surface area contributed by atoms with Crippen molar-refractivity contribution in [2.75, 3.05) is 0 Å². The van der Waals surface area contributed by atoms with E-state index < -0.39 is 6.10 Å². The molecule has 148 valence electrons. The van der Waals surface area contributed by atoms with E-state index in [1.54, 1.807) is 24.3 Å². The molecule has 0 bridgehead atoms. The molecule has 0 spiro atoms. The first-order valence-corrected chi connectivity index (χ1v) is 9.73. The SMILES string of the molecule is O=C(Cc1ccnc(C(=O)N[C@@H]2CCCC[C@H]2O)c1)Cc1cc(Cl)ccc1O. The zero-order valence-electron chi connectivity index (χ0n) is 15.4. The number of nitrogens with one attached hydrogen (secondary N) is 1. The zero-order valence-corrected chi connectivity index (χ0v) is 16.2. The molecule has 1 heterocycles. The highest BCUT2D eigenvalue weighted by Gasteiger charge is 2.25. The number of carbonyl (C=O) groups is 2. The molecule has 1 amide bonds. The summed E-state index contributed by atoms with van der Waals surface area (Å²) in [5.74, 6) is -0.441. The minimum absolute atomic E-state index is 0.0265. The van der Waals surface area contributed by atoms with Crippen LogP contribution in [0.25, 0.3) is 0 Å². The number of aliphatic hydroxyl groups excluding tert-OH is 1. The fourth-order valence-corrected chi connectivity index (χ4v) is 3.62. The maximum absolute atomic E-state index is 12.5. The lowest BCUT2D eigenvalue weighted by Crippen LogP contribution is -2.45. The molecule has 1 aliphatic rings. The Morgan fingerprint density at radius 1 is 1.14 bits per heavy atom. The van der Waals surface area contributed by atoms with Crippen LogP contribution < -0.4 is 5.32 Å². The van der Waals surface area contributed by atoms with Gasteiger partial charge in [-0.3, -0.25) is 14.6 Å². The number of amides is 1. The van der Waals surface area contributed by atoms with Gasteiger partial charge in [-0.1, -0.05) is 24.4 Å². The summed E-state index contributed by atoms with van der Waals surface area (Å²) in [5.41, 5.74) is 1.35. The van der Waals surface area contributed by atoms with Gasteiger partial charge in [0.2, 0.25) is 0 Å². The van der Waals surface area contributed by atoms with Gasteiger partial charge in [0.25, 0.3) is 5.91 Å². The van der Waals surface area contributed by atoms with Crippen molar-refractivity contribution in [3.05, 3.63) is 58.4 Å². The van der Waals surface area contributed by atoms with Crippen LogP contribution in [-0.4, -0.2) is 39.0 Å². The topological polar surface area (TPSA) is 99.5 Å². The molecular formula is C21H23ClN2O4. The fraction of sp³-hybridized carbons (Fsp3) is 0.381. The van der Waals surface area contributed by atoms with Gasteiger partial charge in [-0.25, -0.2) is 0 Å². The van der Waals surface area contributed by atoms with Gasteiger partial charge in [0.1, 0.15) is 17.2 Å². The first-order chi connectivity index (χ1) is 13.4. The lowest BCUT2D eigenvalue weighted by molar-refractivity contribution is -0.117. The van der Waals surface area contributed by atoms with Gasteiger partial charge in [-0.15, -0.1) is 0 Å². The average molecular weight is 403 g/mol. The second kappa shape index (κ2) is 9.17. The van der Waals surface area contributed by atoms with Crippen LogP contribution in [0.5, 0.6) is 5.75 Å². The third-order valence-electron chi connectivity index (χ3n) is 4.93. The van der Waals surface area contributed by atoms with Crippen molar-refractivity contribution < 1.29 is 19.8 Å². The summed E-state index contributed by atoms with van der Waals surface area (Å²) < 4.78 is 0. The summed E-state index contributed by atoms with van der Waals surface area (Å²) >= 11 is 5.91. The van der Waals surface area contributed by atoms with Gasteiger partial charge >= 0.3 is 0 Å². The third-order valence-corrected chi connectivity index (χ3v) is 5.17. The summed E-state index contributed by atoms with van der Waals surface area (Å²) in [4.78, 5) is 28.9. The number of benzene rings is 1. The number of rotatable bonds is 6. The van der Waals surface area contributed by atoms with Gasteiger partial charge < -0.3 is 15.5 Å². The molecule has 1 aliphatic carbocycles. The summed E-state index contributed by atoms with van der Waals surface area (Å²) in [6.45, 7) is 0. The molecule has 7 heteroatoms. The highest BCUT2D eigenvalue weighted by atomic mass is 35.5. The first kappa shape index (κ1) is 20.3. The predicted octanol–water partition coefficient (Wildman–Crippen LogP) is 2.83. The molecule has 1 fully saturated rings. The highest BCUT2D eigenvalue weighted by molar-refractivity contribution is 6.30. The van der Waals surface area contributed by atoms with E-state index in [0.717, 1.165) is 19.3 Å². The molecule has 3 N–H and O–H groups in total. The van der Waals surface area contributed by atoms with E-state index in [2.05, 4.69) is 10.3 Å². The normalized spacial score (nSPS) is 19.2. The number of aromatic hydroxyl groups is 1. The molecule has 28 heavy (non-hydrogen) atoms. The molecule has 0 unspecified atom stereocenters. The van der Waals surface area contributed by atoms with Gasteiger partial charge in [-0.05, 0) is 48.7 Å². The zero-order chi connectivity index (χ0) is 20.1. The Morgan fingerprint density at radius 3 is 2.71 bits per heavy atom. The number of aliphatic hydroxyl groups is 1. The number of hydrogen-bond acceptors (Lipinski definition) is 5. The van der Waals surface area contributed by atoms with Gasteiger partial charge in [0.15, 0.2) is 0 Å². The van der Waals surface area contributed by atoms with Crippen LogP contribution in [0.4, 0.5) is 0 Å². The summed E-state index contributed by atoms with van der Waals surface area (Å²) in [6, 6.07) is 7.58. The van der Waals surface area contributed by atoms with E-state index in [1.807, 2.05) is 0 Å². The Bertz CT molecular complexity index is 871. The Kier molecular flexibility index (Phi) is 6.65. The number of Topliss-reactive ketones (excluding diaryl/α,β-unsaturated/α-hetero) is 1. The number of halogens is 1. The summed E-state index contributed by atoms with van der Waals surface area (Å²) in [5, 5.41) is 23.1. The van der Waals surface area contributed by atoms with Gasteiger partial charge in [-0.2, -0.15) is 0 Å². The maximum Gasteiger partial charge on any atom is 0.270 e. The number of carbonyl (C=O) groups excluding carboxylic acids is 2. The molecule has 3 rings (SSSR count). The Labute approximate surface area is 168 Å². The second-order valence-corrected chi connectivity index (χ2v) is 7.58. The van der Waals surface area contributed by atoms with Crippen LogP contribution in [-0.2, 0) is 17.6 Å². The maximum atomic E-state index is 12.5. The number of phenols is 1. The first-order valence-electron chi connectivity index (χ1n) is 9.35. The van der Waals surface area contributed by atoms with Crippen molar-refractivity contribution in [3.8, 4) is 5.75 Å². The third kappa shape index (κ3) is 5.30. The van der Waals surface area contributed by atoms with Crippen molar-refractivity contribution >= 4 is 23.3 Å². The van der Waals surface area contributed by atoms with Crippen molar-refractivity contribution in [1.29, 1.82) is 0 Å². The molecule has 0 radical (unpaired) electrons. The van der Waals surface area contributed by atoms with Crippen LogP contribution in [0.15, 0.2) is 36.5 Å². The van der Waals surface area contributed by atoms with E-state index in [-0.39, 0.29) is 42.0 Å². The number of nitrogens with zero attached hydrogens (tertiary/aromatic N) is 1. The van der Waals surface area contributed by atoms with Gasteiger partial charge in [0, 0.05) is 29.6 Å². The van der Waals surface area contributed by atoms with Crippen molar-refractivity contribution in [2.45, 2.75) is 50.7 Å². The number of aromatic nitrogens is 1. The van der Waals surface area contributed by atoms with E-state index in [0.29, 0.717) is 22.6 Å². The number of hydrogen-bond donors (Lipinski definition) is 3. The Balaban J connectivity index is 1.63. The molecule has 1 aromatic carbocycles. The number of pyridine rings is 1. The Hall–Kier alpha value is -2.44. The standard InChI is InChI=1S/C21H23ClN2O4/c22-15-5-6-19(26)14(11-15)12-16(25)9-13-7-8-23-18(10-13)21(28)24-17-3-1-2-4-20(17)27/h5-8,10-11,17,20,26-27H,1-4,9,12H2,(H,24,28)/t17-,20-/m1/s1. The van der Waals surface area contributed by atoms with Crippen LogP contribution in [0.2, 0.25) is 5.02 Å². The molecule has 2 aromatic rings. The summed E-state index contributed by atoms with van der Waals surface area (Å²) in [6.07, 6.45) is 4.48. The summed E-state index contributed by atoms with van der Waals surface area (Å²) in [7, 11) is 0. The van der Waals surface area contributed by atoms with Gasteiger partial charge in [0.05, 0.1) is 12.1 Å². The monoisotopic (exact) mass is 402 g/mol. The van der Waals surface area contributed by atoms with Crippen LogP contribution >= 0.6 is 11.6 Å². The van der Waals surface area contributed by atoms with E-state index in [9.17, 15) is 19.8 Å². The molecule has 1 aromatic heterocycles. The van der Waals surface area contributed by atoms with Crippen molar-refractivity contribution in [1.82, 2.24) is 10.3 Å². The minimum Gasteiger partial charge on any atom is -0.508 e. The second-order valence-electron chi connectivity index (χ2n) is 7.15. The molecular weight excluding hydrogens is 380 g/mol. The predicted molar refractivity (Wildman–Crippen MR) is 105 cm³/mol. The van der Waals surface area contributed by atoms with E-state index >= 15 is 0 Å². The quantitative estimate of drug-likeness (QED) is 0.690. The molecule has 2 atom stereocenters. The van der Waals surface area contributed by atoms with Crippen LogP contribution in [0, 0.1) is 0 Å². The van der Waals surface area contributed by atoms with Crippen LogP contribution in [0.3, 0.4) is 0 Å².